The second-order valence-electron chi connectivity index (χ2n) is 4.97. The molecule has 1 aromatic rings. The largest absolute Gasteiger partial charge is 0.376 e. The monoisotopic (exact) mass is 280 g/mol. The van der Waals surface area contributed by atoms with E-state index in [1.54, 1.807) is 11.0 Å². The number of amides is 2. The lowest BCUT2D eigenvalue weighted by Gasteiger charge is -2.22. The number of ether oxygens (including phenoxy) is 1. The molecule has 1 aromatic carbocycles. The zero-order valence-corrected chi connectivity index (χ0v) is 11.8. The van der Waals surface area contributed by atoms with Gasteiger partial charge in [0.05, 0.1) is 6.10 Å². The smallest absolute Gasteiger partial charge is 0.317 e. The highest BCUT2D eigenvalue weighted by Crippen LogP contribution is 2.11. The molecule has 1 aliphatic heterocycles. The second kappa shape index (κ2) is 7.24. The van der Waals surface area contributed by atoms with Crippen molar-refractivity contribution in [3.8, 4) is 0 Å². The predicted octanol–water partition coefficient (Wildman–Crippen LogP) is 2.54. The van der Waals surface area contributed by atoms with Crippen LogP contribution < -0.4 is 5.32 Å². The maximum atomic E-state index is 13.1. The van der Waals surface area contributed by atoms with Gasteiger partial charge in [0.1, 0.15) is 5.82 Å². The van der Waals surface area contributed by atoms with E-state index in [9.17, 15) is 9.18 Å². The maximum Gasteiger partial charge on any atom is 0.317 e. The Morgan fingerprint density at radius 2 is 2.40 bits per heavy atom. The average Bonchev–Trinajstić information content (AvgIpc) is 2.95. The van der Waals surface area contributed by atoms with Gasteiger partial charge in [0.2, 0.25) is 0 Å². The molecule has 1 fully saturated rings. The van der Waals surface area contributed by atoms with E-state index in [2.05, 4.69) is 5.32 Å². The predicted molar refractivity (Wildman–Crippen MR) is 74.9 cm³/mol. The summed E-state index contributed by atoms with van der Waals surface area (Å²) in [5.74, 6) is -0.279. The molecule has 2 amide bonds. The van der Waals surface area contributed by atoms with E-state index in [1.165, 1.54) is 12.1 Å². The Kier molecular flexibility index (Phi) is 5.35. The van der Waals surface area contributed by atoms with Crippen LogP contribution in [0.2, 0.25) is 0 Å². The Balaban J connectivity index is 1.85. The highest BCUT2D eigenvalue weighted by molar-refractivity contribution is 5.74. The molecule has 0 bridgehead atoms. The summed E-state index contributed by atoms with van der Waals surface area (Å²) < 4.78 is 18.6. The van der Waals surface area contributed by atoms with Crippen LogP contribution in [-0.2, 0) is 11.3 Å². The van der Waals surface area contributed by atoms with Gasteiger partial charge in [-0.15, -0.1) is 0 Å². The minimum atomic E-state index is -0.279. The third-order valence-corrected chi connectivity index (χ3v) is 3.44. The van der Waals surface area contributed by atoms with Crippen molar-refractivity contribution in [2.75, 3.05) is 19.7 Å². The molecule has 20 heavy (non-hydrogen) atoms. The van der Waals surface area contributed by atoms with Crippen LogP contribution in [0.15, 0.2) is 24.3 Å². The van der Waals surface area contributed by atoms with Crippen molar-refractivity contribution in [3.63, 3.8) is 0 Å². The highest BCUT2D eigenvalue weighted by Gasteiger charge is 2.18. The molecule has 0 spiro atoms. The Labute approximate surface area is 118 Å². The molecule has 1 unspecified atom stereocenters. The number of nitrogens with one attached hydrogen (secondary N) is 1. The Morgan fingerprint density at radius 3 is 3.05 bits per heavy atom. The van der Waals surface area contributed by atoms with E-state index in [0.717, 1.165) is 25.0 Å². The van der Waals surface area contributed by atoms with E-state index in [0.29, 0.717) is 19.6 Å². The quantitative estimate of drug-likeness (QED) is 0.900. The first-order valence-electron chi connectivity index (χ1n) is 7.08. The number of carbonyl (C=O) groups excluding carboxylic acids is 1. The van der Waals surface area contributed by atoms with Gasteiger partial charge in [0.25, 0.3) is 0 Å². The van der Waals surface area contributed by atoms with E-state index in [4.69, 9.17) is 4.74 Å². The van der Waals surface area contributed by atoms with Gasteiger partial charge in [-0.25, -0.2) is 9.18 Å². The molecule has 1 atom stereocenters. The average molecular weight is 280 g/mol. The van der Waals surface area contributed by atoms with Crippen LogP contribution in [-0.4, -0.2) is 36.7 Å². The zero-order valence-electron chi connectivity index (χ0n) is 11.8. The second-order valence-corrected chi connectivity index (χ2v) is 4.97. The van der Waals surface area contributed by atoms with Crippen LogP contribution in [0.25, 0.3) is 0 Å². The van der Waals surface area contributed by atoms with Crippen LogP contribution >= 0.6 is 0 Å². The van der Waals surface area contributed by atoms with Gasteiger partial charge in [-0.3, -0.25) is 0 Å². The third-order valence-electron chi connectivity index (χ3n) is 3.44. The first kappa shape index (κ1) is 14.8. The number of carbonyl (C=O) groups is 1. The molecule has 1 aliphatic rings. The number of hydrogen-bond donors (Lipinski definition) is 1. The van der Waals surface area contributed by atoms with E-state index < -0.39 is 0 Å². The fourth-order valence-corrected chi connectivity index (χ4v) is 2.30. The lowest BCUT2D eigenvalue weighted by atomic mass is 10.2. The summed E-state index contributed by atoms with van der Waals surface area (Å²) in [4.78, 5) is 13.7. The Morgan fingerprint density at radius 1 is 1.55 bits per heavy atom. The summed E-state index contributed by atoms with van der Waals surface area (Å²) in [6.45, 7) is 4.21. The number of urea groups is 1. The van der Waals surface area contributed by atoms with E-state index >= 15 is 0 Å². The topological polar surface area (TPSA) is 41.6 Å². The summed E-state index contributed by atoms with van der Waals surface area (Å²) in [6.07, 6.45) is 2.18. The Hall–Kier alpha value is -1.62. The van der Waals surface area contributed by atoms with Crippen LogP contribution in [0.4, 0.5) is 9.18 Å². The van der Waals surface area contributed by atoms with Crippen molar-refractivity contribution < 1.29 is 13.9 Å². The van der Waals surface area contributed by atoms with Gasteiger partial charge < -0.3 is 15.0 Å². The summed E-state index contributed by atoms with van der Waals surface area (Å²) in [5.41, 5.74) is 0.791. The molecule has 0 radical (unpaired) electrons. The fourth-order valence-electron chi connectivity index (χ4n) is 2.30. The summed E-state index contributed by atoms with van der Waals surface area (Å²) in [6, 6.07) is 6.20. The molecule has 1 heterocycles. The molecular weight excluding hydrogens is 259 g/mol. The summed E-state index contributed by atoms with van der Waals surface area (Å²) in [5, 5.41) is 2.88. The molecule has 2 rings (SSSR count). The minimum absolute atomic E-state index is 0.131. The minimum Gasteiger partial charge on any atom is -0.376 e. The van der Waals surface area contributed by atoms with Crippen molar-refractivity contribution in [2.24, 2.45) is 0 Å². The standard InChI is InChI=1S/C15H21FN2O2/c1-2-18(11-12-5-3-6-13(16)9-12)15(19)17-10-14-7-4-8-20-14/h3,5-6,9,14H,2,4,7-8,10-11H2,1H3,(H,17,19). The summed E-state index contributed by atoms with van der Waals surface area (Å²) >= 11 is 0. The molecular formula is C15H21FN2O2. The van der Waals surface area contributed by atoms with Crippen molar-refractivity contribution in [2.45, 2.75) is 32.4 Å². The maximum absolute atomic E-state index is 13.1. The molecule has 5 heteroatoms. The van der Waals surface area contributed by atoms with Crippen LogP contribution in [0.3, 0.4) is 0 Å². The number of rotatable bonds is 5. The van der Waals surface area contributed by atoms with Crippen LogP contribution in [0, 0.1) is 5.82 Å². The summed E-state index contributed by atoms with van der Waals surface area (Å²) in [7, 11) is 0. The van der Waals surface area contributed by atoms with Gasteiger partial charge in [-0.2, -0.15) is 0 Å². The van der Waals surface area contributed by atoms with Crippen LogP contribution in [0.5, 0.6) is 0 Å². The Bertz CT molecular complexity index is 447. The SMILES string of the molecule is CCN(Cc1cccc(F)c1)C(=O)NCC1CCCO1. The third kappa shape index (κ3) is 4.20. The molecule has 0 saturated carbocycles. The van der Waals surface area contributed by atoms with Crippen molar-refractivity contribution in [3.05, 3.63) is 35.6 Å². The van der Waals surface area contributed by atoms with Crippen molar-refractivity contribution in [1.82, 2.24) is 10.2 Å². The number of hydrogen-bond acceptors (Lipinski definition) is 2. The van der Waals surface area contributed by atoms with Gasteiger partial charge in [0.15, 0.2) is 0 Å². The molecule has 0 aliphatic carbocycles. The molecule has 1 saturated heterocycles. The van der Waals surface area contributed by atoms with Crippen molar-refractivity contribution in [1.29, 1.82) is 0 Å². The molecule has 1 N–H and O–H groups in total. The van der Waals surface area contributed by atoms with Crippen LogP contribution in [0.1, 0.15) is 25.3 Å². The van der Waals surface area contributed by atoms with Gasteiger partial charge in [-0.05, 0) is 37.5 Å². The van der Waals surface area contributed by atoms with E-state index in [-0.39, 0.29) is 18.0 Å². The first-order valence-corrected chi connectivity index (χ1v) is 7.08. The number of nitrogens with zero attached hydrogens (tertiary/aromatic N) is 1. The van der Waals surface area contributed by atoms with Gasteiger partial charge in [-0.1, -0.05) is 12.1 Å². The van der Waals surface area contributed by atoms with Crippen molar-refractivity contribution >= 4 is 6.03 Å². The lowest BCUT2D eigenvalue weighted by molar-refractivity contribution is 0.109. The first-order chi connectivity index (χ1) is 9.69. The zero-order chi connectivity index (χ0) is 14.4. The number of halogens is 1. The number of benzene rings is 1. The normalized spacial score (nSPS) is 18.0. The molecule has 4 nitrogen and oxygen atoms in total. The lowest BCUT2D eigenvalue weighted by Crippen LogP contribution is -2.42. The fraction of sp³-hybridized carbons (Fsp3) is 0.533. The van der Waals surface area contributed by atoms with Gasteiger partial charge >= 0.3 is 6.03 Å². The van der Waals surface area contributed by atoms with E-state index in [1.807, 2.05) is 13.0 Å². The molecule has 0 aromatic heterocycles. The highest BCUT2D eigenvalue weighted by atomic mass is 19.1. The molecule has 110 valence electrons. The van der Waals surface area contributed by atoms with Gasteiger partial charge in [0, 0.05) is 26.2 Å².